The van der Waals surface area contributed by atoms with Crippen molar-refractivity contribution in [1.29, 1.82) is 0 Å². The molecule has 1 aromatic heterocycles. The van der Waals surface area contributed by atoms with Gasteiger partial charge in [0.25, 0.3) is 5.91 Å². The van der Waals surface area contributed by atoms with Crippen LogP contribution in [0, 0.1) is 0 Å². The van der Waals surface area contributed by atoms with Gasteiger partial charge in [0.2, 0.25) is 0 Å². The topological polar surface area (TPSA) is 32.3 Å². The van der Waals surface area contributed by atoms with Gasteiger partial charge in [-0.15, -0.1) is 11.3 Å². The van der Waals surface area contributed by atoms with E-state index in [-0.39, 0.29) is 5.91 Å². The van der Waals surface area contributed by atoms with Gasteiger partial charge in [0.05, 0.1) is 15.5 Å². The molecule has 0 atom stereocenters. The molecule has 1 amide bonds. The summed E-state index contributed by atoms with van der Waals surface area (Å²) >= 11 is 1.48. The first-order chi connectivity index (χ1) is 7.95. The normalized spacial score (nSPS) is 11.2. The summed E-state index contributed by atoms with van der Waals surface area (Å²) in [4.78, 5) is 15.1. The van der Waals surface area contributed by atoms with E-state index in [1.54, 1.807) is 19.0 Å². The molecule has 0 fully saturated rings. The van der Waals surface area contributed by atoms with Crippen LogP contribution in [-0.2, 0) is 0 Å². The number of carbonyl (C=O) groups excluding carboxylic acids is 1. The molecule has 17 heavy (non-hydrogen) atoms. The fourth-order valence-electron chi connectivity index (χ4n) is 1.33. The zero-order valence-corrected chi connectivity index (χ0v) is 11.5. The fraction of sp³-hybridized carbons (Fsp3) is 0.308. The molecule has 1 heterocycles. The van der Waals surface area contributed by atoms with E-state index in [2.05, 4.69) is 11.9 Å². The van der Waals surface area contributed by atoms with Crippen LogP contribution in [0.4, 0.5) is 0 Å². The van der Waals surface area contributed by atoms with Gasteiger partial charge in [-0.2, -0.15) is 0 Å². The van der Waals surface area contributed by atoms with Crippen molar-refractivity contribution < 1.29 is 4.79 Å². The van der Waals surface area contributed by atoms with E-state index in [1.807, 2.05) is 32.2 Å². The van der Waals surface area contributed by atoms with E-state index >= 15 is 0 Å². The Hall–Kier alpha value is -1.55. The Morgan fingerprint density at radius 3 is 2.47 bits per heavy atom. The Labute approximate surface area is 106 Å². The highest BCUT2D eigenvalue weighted by atomic mass is 32.1. The number of hydrogen-bond donors (Lipinski definition) is 1. The first-order valence-corrected chi connectivity index (χ1v) is 6.14. The van der Waals surface area contributed by atoms with Crippen LogP contribution < -0.4 is 5.32 Å². The quantitative estimate of drug-likeness (QED) is 0.833. The zero-order chi connectivity index (χ0) is 13.0. The van der Waals surface area contributed by atoms with Gasteiger partial charge in [0.15, 0.2) is 0 Å². The van der Waals surface area contributed by atoms with E-state index in [9.17, 15) is 4.79 Å². The maximum absolute atomic E-state index is 11.8. The second-order valence-corrected chi connectivity index (χ2v) is 5.10. The van der Waals surface area contributed by atoms with Crippen LogP contribution in [-0.4, -0.2) is 32.0 Å². The summed E-state index contributed by atoms with van der Waals surface area (Å²) in [6.45, 7) is 5.79. The highest BCUT2D eigenvalue weighted by Gasteiger charge is 2.12. The first kappa shape index (κ1) is 13.5. The average molecular weight is 250 g/mol. The van der Waals surface area contributed by atoms with Crippen molar-refractivity contribution in [2.75, 3.05) is 21.1 Å². The molecular weight excluding hydrogens is 232 g/mol. The minimum atomic E-state index is 0.0343. The molecule has 0 aromatic carbocycles. The molecule has 1 aromatic rings. The average Bonchev–Trinajstić information content (AvgIpc) is 2.73. The Morgan fingerprint density at radius 2 is 2.00 bits per heavy atom. The highest BCUT2D eigenvalue weighted by Crippen LogP contribution is 2.24. The second kappa shape index (κ2) is 5.68. The number of thiophene rings is 1. The Morgan fingerprint density at radius 1 is 1.41 bits per heavy atom. The zero-order valence-electron chi connectivity index (χ0n) is 10.7. The Bertz CT molecular complexity index is 458. The van der Waals surface area contributed by atoms with Crippen LogP contribution >= 0.6 is 11.3 Å². The van der Waals surface area contributed by atoms with Gasteiger partial charge < -0.3 is 10.2 Å². The summed E-state index contributed by atoms with van der Waals surface area (Å²) in [7, 11) is 5.37. The number of allylic oxidation sites excluding steroid dienone is 2. The Balaban J connectivity index is 3.02. The molecule has 0 aliphatic rings. The monoisotopic (exact) mass is 250 g/mol. The lowest BCUT2D eigenvalue weighted by molar-refractivity contribution is 0.0832. The first-order valence-electron chi connectivity index (χ1n) is 5.32. The summed E-state index contributed by atoms with van der Waals surface area (Å²) in [6, 6.07) is 3.80. The van der Waals surface area contributed by atoms with Crippen molar-refractivity contribution in [3.63, 3.8) is 0 Å². The van der Waals surface area contributed by atoms with E-state index in [1.165, 1.54) is 11.3 Å². The van der Waals surface area contributed by atoms with Crippen molar-refractivity contribution in [3.8, 4) is 0 Å². The van der Waals surface area contributed by atoms with Crippen LogP contribution in [0.2, 0.25) is 0 Å². The molecule has 0 unspecified atom stereocenters. The molecule has 3 nitrogen and oxygen atoms in total. The predicted molar refractivity (Wildman–Crippen MR) is 74.2 cm³/mol. The van der Waals surface area contributed by atoms with E-state index in [0.717, 1.165) is 21.0 Å². The summed E-state index contributed by atoms with van der Waals surface area (Å²) in [5, 5.41) is 3.12. The van der Waals surface area contributed by atoms with Crippen molar-refractivity contribution >= 4 is 22.9 Å². The number of amides is 1. The SMILES string of the molecule is C=C(C)/C=C(\NC)c1ccc(C(=O)N(C)C)s1. The van der Waals surface area contributed by atoms with Crippen LogP contribution in [0.1, 0.15) is 21.5 Å². The lowest BCUT2D eigenvalue weighted by Gasteiger charge is -2.07. The largest absolute Gasteiger partial charge is 0.387 e. The summed E-state index contributed by atoms with van der Waals surface area (Å²) in [6.07, 6.45) is 1.97. The molecule has 0 bridgehead atoms. The van der Waals surface area contributed by atoms with Crippen LogP contribution in [0.15, 0.2) is 30.4 Å². The molecule has 4 heteroatoms. The third kappa shape index (κ3) is 3.46. The van der Waals surface area contributed by atoms with Gasteiger partial charge in [-0.05, 0) is 25.1 Å². The maximum atomic E-state index is 11.8. The summed E-state index contributed by atoms with van der Waals surface area (Å²) in [5.74, 6) is 0.0343. The smallest absolute Gasteiger partial charge is 0.263 e. The molecule has 0 aliphatic carbocycles. The van der Waals surface area contributed by atoms with Crippen LogP contribution in [0.3, 0.4) is 0 Å². The van der Waals surface area contributed by atoms with Crippen molar-refractivity contribution in [2.24, 2.45) is 0 Å². The fourth-order valence-corrected chi connectivity index (χ4v) is 2.38. The van der Waals surface area contributed by atoms with Crippen molar-refractivity contribution in [2.45, 2.75) is 6.92 Å². The number of rotatable bonds is 4. The van der Waals surface area contributed by atoms with Gasteiger partial charge in [0, 0.05) is 21.1 Å². The van der Waals surface area contributed by atoms with Gasteiger partial charge in [-0.3, -0.25) is 4.79 Å². The van der Waals surface area contributed by atoms with Crippen LogP contribution in [0.25, 0.3) is 5.70 Å². The van der Waals surface area contributed by atoms with Crippen molar-refractivity contribution in [3.05, 3.63) is 40.1 Å². The molecule has 92 valence electrons. The molecule has 0 spiro atoms. The van der Waals surface area contributed by atoms with Gasteiger partial charge in [-0.25, -0.2) is 0 Å². The molecule has 0 saturated carbocycles. The van der Waals surface area contributed by atoms with Crippen molar-refractivity contribution in [1.82, 2.24) is 10.2 Å². The molecule has 0 saturated heterocycles. The second-order valence-electron chi connectivity index (χ2n) is 4.02. The van der Waals surface area contributed by atoms with E-state index in [4.69, 9.17) is 0 Å². The maximum Gasteiger partial charge on any atom is 0.263 e. The lowest BCUT2D eigenvalue weighted by atomic mass is 10.2. The minimum absolute atomic E-state index is 0.0343. The van der Waals surface area contributed by atoms with Crippen LogP contribution in [0.5, 0.6) is 0 Å². The summed E-state index contributed by atoms with van der Waals surface area (Å²) in [5.41, 5.74) is 1.96. The molecule has 1 N–H and O–H groups in total. The molecule has 0 radical (unpaired) electrons. The van der Waals surface area contributed by atoms with E-state index < -0.39 is 0 Å². The third-order valence-corrected chi connectivity index (χ3v) is 3.26. The van der Waals surface area contributed by atoms with Gasteiger partial charge in [0.1, 0.15) is 0 Å². The lowest BCUT2D eigenvalue weighted by Crippen LogP contribution is -2.20. The summed E-state index contributed by atoms with van der Waals surface area (Å²) < 4.78 is 0. The third-order valence-electron chi connectivity index (χ3n) is 2.15. The number of hydrogen-bond acceptors (Lipinski definition) is 3. The number of nitrogens with zero attached hydrogens (tertiary/aromatic N) is 1. The predicted octanol–water partition coefficient (Wildman–Crippen LogP) is 2.59. The number of carbonyl (C=O) groups is 1. The Kier molecular flexibility index (Phi) is 4.52. The standard InChI is InChI=1S/C13H18N2OS/c1-9(2)8-10(14-3)11-6-7-12(17-11)13(16)15(4)5/h6-8,14H,1H2,2-5H3/b10-8-. The van der Waals surface area contributed by atoms with Gasteiger partial charge >= 0.3 is 0 Å². The number of nitrogens with one attached hydrogen (secondary N) is 1. The van der Waals surface area contributed by atoms with Gasteiger partial charge in [-0.1, -0.05) is 12.2 Å². The molecular formula is C13H18N2OS. The van der Waals surface area contributed by atoms with E-state index in [0.29, 0.717) is 0 Å². The molecule has 0 aliphatic heterocycles. The minimum Gasteiger partial charge on any atom is -0.387 e. The molecule has 1 rings (SSSR count). The highest BCUT2D eigenvalue weighted by molar-refractivity contribution is 7.15.